The minimum Gasteiger partial charge on any atom is -0.454 e. The van der Waals surface area contributed by atoms with Gasteiger partial charge in [-0.3, -0.25) is 4.98 Å². The fourth-order valence-electron chi connectivity index (χ4n) is 3.39. The maximum atomic E-state index is 6.22. The Labute approximate surface area is 157 Å². The summed E-state index contributed by atoms with van der Waals surface area (Å²) in [5.41, 5.74) is 6.17. The third-order valence-electron chi connectivity index (χ3n) is 4.74. The van der Waals surface area contributed by atoms with Gasteiger partial charge in [-0.05, 0) is 29.3 Å². The van der Waals surface area contributed by atoms with Crippen LogP contribution in [0.25, 0.3) is 44.7 Å². The lowest BCUT2D eigenvalue weighted by molar-refractivity contribution is 0.631. The highest BCUT2D eigenvalue weighted by molar-refractivity contribution is 5.93. The molecule has 5 aromatic rings. The van der Waals surface area contributed by atoms with E-state index in [1.165, 1.54) is 11.1 Å². The minimum atomic E-state index is 0.821. The number of nitrogens with zero attached hydrogens (tertiary/aromatic N) is 1. The molecule has 0 aliphatic heterocycles. The predicted octanol–water partition coefficient (Wildman–Crippen LogP) is 6.83. The molecule has 0 amide bonds. The molecule has 0 radical (unpaired) electrons. The first-order valence-electron chi connectivity index (χ1n) is 8.98. The summed E-state index contributed by atoms with van der Waals surface area (Å²) in [6.45, 7) is 0. The summed E-state index contributed by atoms with van der Waals surface area (Å²) in [6, 6.07) is 33.1. The summed E-state index contributed by atoms with van der Waals surface area (Å²) < 4.78 is 6.22. The molecule has 27 heavy (non-hydrogen) atoms. The molecule has 0 unspecified atom stereocenters. The second-order valence-corrected chi connectivity index (χ2v) is 6.50. The maximum Gasteiger partial charge on any atom is 0.161 e. The first-order valence-corrected chi connectivity index (χ1v) is 8.98. The predicted molar refractivity (Wildman–Crippen MR) is 110 cm³/mol. The van der Waals surface area contributed by atoms with Crippen LogP contribution in [0.3, 0.4) is 0 Å². The van der Waals surface area contributed by atoms with Crippen LogP contribution >= 0.6 is 0 Å². The van der Waals surface area contributed by atoms with Crippen molar-refractivity contribution >= 4 is 11.0 Å². The lowest BCUT2D eigenvalue weighted by atomic mass is 10.0. The van der Waals surface area contributed by atoms with Crippen LogP contribution in [0, 0.1) is 0 Å². The topological polar surface area (TPSA) is 26.0 Å². The lowest BCUT2D eigenvalue weighted by Gasteiger charge is -2.06. The van der Waals surface area contributed by atoms with Crippen molar-refractivity contribution in [2.45, 2.75) is 0 Å². The van der Waals surface area contributed by atoms with Gasteiger partial charge in [0.05, 0.1) is 0 Å². The highest BCUT2D eigenvalue weighted by Gasteiger charge is 2.13. The molecule has 3 aromatic carbocycles. The Morgan fingerprint density at radius 3 is 2.00 bits per heavy atom. The van der Waals surface area contributed by atoms with Gasteiger partial charge in [0.1, 0.15) is 11.5 Å². The standard InChI is InChI=1S/C25H17NO/c1-3-8-18(9-4-1)20-12-7-13-21(16-20)24-25-22(14-15-26-24)17-23(27-25)19-10-5-2-6-11-19/h1-17H. The van der Waals surface area contributed by atoms with E-state index in [4.69, 9.17) is 4.42 Å². The van der Waals surface area contributed by atoms with Crippen LogP contribution in [-0.2, 0) is 0 Å². The van der Waals surface area contributed by atoms with E-state index in [-0.39, 0.29) is 0 Å². The summed E-state index contributed by atoms with van der Waals surface area (Å²) >= 11 is 0. The molecule has 0 saturated carbocycles. The fraction of sp³-hybridized carbons (Fsp3) is 0. The van der Waals surface area contributed by atoms with Crippen LogP contribution in [0.4, 0.5) is 0 Å². The zero-order valence-electron chi connectivity index (χ0n) is 14.7. The number of fused-ring (bicyclic) bond motifs is 1. The van der Waals surface area contributed by atoms with Gasteiger partial charge in [0.15, 0.2) is 5.58 Å². The van der Waals surface area contributed by atoms with Crippen molar-refractivity contribution in [2.24, 2.45) is 0 Å². The molecule has 0 aliphatic carbocycles. The number of pyridine rings is 1. The van der Waals surface area contributed by atoms with Crippen molar-refractivity contribution in [2.75, 3.05) is 0 Å². The van der Waals surface area contributed by atoms with Gasteiger partial charge >= 0.3 is 0 Å². The SMILES string of the molecule is c1ccc(-c2cccc(-c3nccc4cc(-c5ccccc5)oc34)c2)cc1. The van der Waals surface area contributed by atoms with E-state index >= 15 is 0 Å². The van der Waals surface area contributed by atoms with E-state index in [0.29, 0.717) is 0 Å². The molecule has 0 bridgehead atoms. The normalized spacial score (nSPS) is 11.0. The van der Waals surface area contributed by atoms with Gasteiger partial charge in [0.25, 0.3) is 0 Å². The third kappa shape index (κ3) is 2.91. The molecule has 128 valence electrons. The molecule has 2 heteroatoms. The molecule has 2 nitrogen and oxygen atoms in total. The van der Waals surface area contributed by atoms with Gasteiger partial charge < -0.3 is 4.42 Å². The van der Waals surface area contributed by atoms with Crippen LogP contribution in [0.5, 0.6) is 0 Å². The third-order valence-corrected chi connectivity index (χ3v) is 4.74. The Bertz CT molecular complexity index is 1210. The fourth-order valence-corrected chi connectivity index (χ4v) is 3.39. The number of hydrogen-bond acceptors (Lipinski definition) is 2. The number of hydrogen-bond donors (Lipinski definition) is 0. The maximum absolute atomic E-state index is 6.22. The molecule has 0 aliphatic rings. The van der Waals surface area contributed by atoms with Crippen LogP contribution in [0.1, 0.15) is 0 Å². The van der Waals surface area contributed by atoms with Crippen LogP contribution in [0.2, 0.25) is 0 Å². The van der Waals surface area contributed by atoms with Crippen molar-refractivity contribution in [1.82, 2.24) is 4.98 Å². The molecule has 2 heterocycles. The van der Waals surface area contributed by atoms with Gasteiger partial charge in [-0.2, -0.15) is 0 Å². The van der Waals surface area contributed by atoms with E-state index in [1.54, 1.807) is 0 Å². The largest absolute Gasteiger partial charge is 0.454 e. The van der Waals surface area contributed by atoms with Crippen LogP contribution in [0.15, 0.2) is 108 Å². The van der Waals surface area contributed by atoms with E-state index in [2.05, 4.69) is 71.7 Å². The summed E-state index contributed by atoms with van der Waals surface area (Å²) in [7, 11) is 0. The van der Waals surface area contributed by atoms with Gasteiger partial charge in [-0.1, -0.05) is 78.9 Å². The summed E-state index contributed by atoms with van der Waals surface area (Å²) in [4.78, 5) is 4.63. The number of benzene rings is 3. The van der Waals surface area contributed by atoms with Crippen molar-refractivity contribution in [3.05, 3.63) is 103 Å². The van der Waals surface area contributed by atoms with E-state index in [0.717, 1.165) is 33.6 Å². The van der Waals surface area contributed by atoms with Gasteiger partial charge in [-0.15, -0.1) is 0 Å². The van der Waals surface area contributed by atoms with Crippen molar-refractivity contribution < 1.29 is 4.42 Å². The molecule has 0 atom stereocenters. The summed E-state index contributed by atoms with van der Waals surface area (Å²) in [6.07, 6.45) is 1.84. The van der Waals surface area contributed by atoms with E-state index < -0.39 is 0 Å². The van der Waals surface area contributed by atoms with Crippen LogP contribution < -0.4 is 0 Å². The Kier molecular flexibility index (Phi) is 3.80. The molecule has 5 rings (SSSR count). The number of aromatic nitrogens is 1. The monoisotopic (exact) mass is 347 g/mol. The van der Waals surface area contributed by atoms with Gasteiger partial charge in [0.2, 0.25) is 0 Å². The Hall–Kier alpha value is -3.65. The summed E-state index contributed by atoms with van der Waals surface area (Å²) in [5, 5.41) is 1.06. The Morgan fingerprint density at radius 1 is 0.556 bits per heavy atom. The zero-order chi connectivity index (χ0) is 18.1. The number of rotatable bonds is 3. The molecule has 0 fully saturated rings. The smallest absolute Gasteiger partial charge is 0.161 e. The molecule has 0 N–H and O–H groups in total. The molecule has 0 saturated heterocycles. The van der Waals surface area contributed by atoms with Crippen LogP contribution in [-0.4, -0.2) is 4.98 Å². The average Bonchev–Trinajstić information content (AvgIpc) is 3.20. The molecule has 0 spiro atoms. The Balaban J connectivity index is 1.65. The second-order valence-electron chi connectivity index (χ2n) is 6.50. The lowest BCUT2D eigenvalue weighted by Crippen LogP contribution is -1.85. The Morgan fingerprint density at radius 2 is 1.22 bits per heavy atom. The zero-order valence-corrected chi connectivity index (χ0v) is 14.7. The van der Waals surface area contributed by atoms with Crippen molar-refractivity contribution in [3.63, 3.8) is 0 Å². The van der Waals surface area contributed by atoms with Crippen molar-refractivity contribution in [1.29, 1.82) is 0 Å². The van der Waals surface area contributed by atoms with Gasteiger partial charge in [0, 0.05) is 22.7 Å². The van der Waals surface area contributed by atoms with Gasteiger partial charge in [-0.25, -0.2) is 0 Å². The molecular weight excluding hydrogens is 330 g/mol. The highest BCUT2D eigenvalue weighted by Crippen LogP contribution is 2.34. The first kappa shape index (κ1) is 15.6. The summed E-state index contributed by atoms with van der Waals surface area (Å²) in [5.74, 6) is 0.860. The minimum absolute atomic E-state index is 0.821. The molecular formula is C25H17NO. The van der Waals surface area contributed by atoms with E-state index in [9.17, 15) is 0 Å². The highest BCUT2D eigenvalue weighted by atomic mass is 16.3. The second kappa shape index (κ2) is 6.58. The van der Waals surface area contributed by atoms with E-state index in [1.807, 2.05) is 36.5 Å². The average molecular weight is 347 g/mol. The quantitative estimate of drug-likeness (QED) is 0.357. The first-order chi connectivity index (χ1) is 13.4. The van der Waals surface area contributed by atoms with Crippen molar-refractivity contribution in [3.8, 4) is 33.7 Å². The number of furan rings is 1. The molecule has 2 aromatic heterocycles.